The number of aliphatic hydroxyl groups is 2. The predicted octanol–water partition coefficient (Wildman–Crippen LogP) is 3.39. The van der Waals surface area contributed by atoms with Gasteiger partial charge in [-0.1, -0.05) is 0 Å². The van der Waals surface area contributed by atoms with Crippen LogP contribution in [0, 0.1) is 13.8 Å². The highest BCUT2D eigenvalue weighted by atomic mass is 16.5. The third kappa shape index (κ3) is 7.14. The molecule has 22 heavy (non-hydrogen) atoms. The smallest absolute Gasteiger partial charge is 0.125 e. The van der Waals surface area contributed by atoms with Gasteiger partial charge in [0.2, 0.25) is 0 Å². The number of aryl methyl sites for hydroxylation is 2. The summed E-state index contributed by atoms with van der Waals surface area (Å²) < 4.78 is 11.6. The van der Waals surface area contributed by atoms with Gasteiger partial charge in [-0.3, -0.25) is 0 Å². The topological polar surface area (TPSA) is 58.9 Å². The molecule has 0 radical (unpaired) electrons. The van der Waals surface area contributed by atoms with E-state index in [4.69, 9.17) is 19.7 Å². The number of rotatable bonds is 12. The maximum atomic E-state index is 8.75. The van der Waals surface area contributed by atoms with Crippen LogP contribution in [-0.4, -0.2) is 36.6 Å². The SMILES string of the molecule is Cc1cc(OCCCCCO)cc(C)c1OCCCCCO. The Bertz CT molecular complexity index is 395. The van der Waals surface area contributed by atoms with Crippen LogP contribution in [0.4, 0.5) is 0 Å². The normalized spacial score (nSPS) is 10.7. The summed E-state index contributed by atoms with van der Waals surface area (Å²) in [7, 11) is 0. The number of benzene rings is 1. The van der Waals surface area contributed by atoms with Gasteiger partial charge < -0.3 is 19.7 Å². The molecule has 0 saturated carbocycles. The second-order valence-corrected chi connectivity index (χ2v) is 5.65. The highest BCUT2D eigenvalue weighted by Crippen LogP contribution is 2.28. The van der Waals surface area contributed by atoms with E-state index in [1.54, 1.807) is 0 Å². The molecule has 0 aliphatic heterocycles. The summed E-state index contributed by atoms with van der Waals surface area (Å²) in [5.74, 6) is 1.82. The van der Waals surface area contributed by atoms with Crippen LogP contribution in [0.1, 0.15) is 49.7 Å². The van der Waals surface area contributed by atoms with Crippen LogP contribution < -0.4 is 9.47 Å². The summed E-state index contributed by atoms with van der Waals surface area (Å²) in [5, 5.41) is 17.5. The molecule has 0 unspecified atom stereocenters. The molecule has 1 rings (SSSR count). The highest BCUT2D eigenvalue weighted by molar-refractivity contribution is 5.45. The van der Waals surface area contributed by atoms with Crippen molar-refractivity contribution in [3.05, 3.63) is 23.3 Å². The second kappa shape index (κ2) is 11.3. The van der Waals surface area contributed by atoms with Gasteiger partial charge in [0, 0.05) is 13.2 Å². The van der Waals surface area contributed by atoms with E-state index in [1.165, 1.54) is 0 Å². The van der Waals surface area contributed by atoms with Crippen molar-refractivity contribution in [3.8, 4) is 11.5 Å². The Morgan fingerprint density at radius 2 is 1.23 bits per heavy atom. The summed E-state index contributed by atoms with van der Waals surface area (Å²) in [5.41, 5.74) is 2.18. The molecule has 0 amide bonds. The third-order valence-electron chi connectivity index (χ3n) is 3.55. The molecule has 0 aliphatic carbocycles. The van der Waals surface area contributed by atoms with Crippen molar-refractivity contribution in [1.82, 2.24) is 0 Å². The summed E-state index contributed by atoms with van der Waals surface area (Å²) >= 11 is 0. The van der Waals surface area contributed by atoms with Gasteiger partial charge in [0.1, 0.15) is 11.5 Å². The first-order chi connectivity index (χ1) is 10.7. The zero-order valence-corrected chi connectivity index (χ0v) is 13.9. The minimum absolute atomic E-state index is 0.252. The van der Waals surface area contributed by atoms with Gasteiger partial charge in [-0.05, 0) is 75.6 Å². The van der Waals surface area contributed by atoms with Crippen LogP contribution in [0.3, 0.4) is 0 Å². The highest BCUT2D eigenvalue weighted by Gasteiger charge is 2.07. The van der Waals surface area contributed by atoms with Crippen molar-refractivity contribution in [2.24, 2.45) is 0 Å². The molecule has 0 atom stereocenters. The van der Waals surface area contributed by atoms with Crippen molar-refractivity contribution in [2.75, 3.05) is 26.4 Å². The summed E-state index contributed by atoms with van der Waals surface area (Å²) in [6, 6.07) is 4.03. The molecule has 4 nitrogen and oxygen atoms in total. The standard InChI is InChI=1S/C18H30O4/c1-15-13-17(21-11-7-3-5-9-19)14-16(2)18(15)22-12-8-4-6-10-20/h13-14,19-20H,3-12H2,1-2H3. The quantitative estimate of drug-likeness (QED) is 0.581. The Morgan fingerprint density at radius 3 is 1.73 bits per heavy atom. The molecule has 126 valence electrons. The van der Waals surface area contributed by atoms with Gasteiger partial charge in [0.15, 0.2) is 0 Å². The molecule has 0 fully saturated rings. The van der Waals surface area contributed by atoms with E-state index in [1.807, 2.05) is 26.0 Å². The molecular weight excluding hydrogens is 280 g/mol. The van der Waals surface area contributed by atoms with Crippen molar-refractivity contribution in [1.29, 1.82) is 0 Å². The van der Waals surface area contributed by atoms with Gasteiger partial charge in [-0.2, -0.15) is 0 Å². The zero-order valence-electron chi connectivity index (χ0n) is 13.9. The van der Waals surface area contributed by atoms with Gasteiger partial charge in [0.25, 0.3) is 0 Å². The minimum Gasteiger partial charge on any atom is -0.494 e. The minimum atomic E-state index is 0.252. The zero-order chi connectivity index (χ0) is 16.2. The number of aliphatic hydroxyl groups excluding tert-OH is 2. The van der Waals surface area contributed by atoms with Crippen LogP contribution in [0.5, 0.6) is 11.5 Å². The van der Waals surface area contributed by atoms with Crippen molar-refractivity contribution in [2.45, 2.75) is 52.4 Å². The third-order valence-corrected chi connectivity index (χ3v) is 3.55. The average molecular weight is 310 g/mol. The van der Waals surface area contributed by atoms with E-state index in [9.17, 15) is 0 Å². The molecule has 0 aromatic heterocycles. The van der Waals surface area contributed by atoms with Gasteiger partial charge in [-0.15, -0.1) is 0 Å². The Balaban J connectivity index is 2.42. The molecular formula is C18H30O4. The fraction of sp³-hybridized carbons (Fsp3) is 0.667. The summed E-state index contributed by atoms with van der Waals surface area (Å²) in [4.78, 5) is 0. The predicted molar refractivity (Wildman–Crippen MR) is 88.8 cm³/mol. The van der Waals surface area contributed by atoms with Crippen LogP contribution in [-0.2, 0) is 0 Å². The fourth-order valence-electron chi connectivity index (χ4n) is 2.37. The van der Waals surface area contributed by atoms with Crippen LogP contribution in [0.15, 0.2) is 12.1 Å². The van der Waals surface area contributed by atoms with Crippen molar-refractivity contribution < 1.29 is 19.7 Å². The molecule has 1 aromatic carbocycles. The lowest BCUT2D eigenvalue weighted by Crippen LogP contribution is -2.03. The monoisotopic (exact) mass is 310 g/mol. The van der Waals surface area contributed by atoms with E-state index < -0.39 is 0 Å². The largest absolute Gasteiger partial charge is 0.494 e. The fourth-order valence-corrected chi connectivity index (χ4v) is 2.37. The number of ether oxygens (including phenoxy) is 2. The maximum absolute atomic E-state index is 8.75. The summed E-state index contributed by atoms with van der Waals surface area (Å²) in [6.07, 6.45) is 5.58. The Labute approximate surface area is 134 Å². The summed E-state index contributed by atoms with van der Waals surface area (Å²) in [6.45, 7) is 5.94. The lowest BCUT2D eigenvalue weighted by molar-refractivity contribution is 0.262. The maximum Gasteiger partial charge on any atom is 0.125 e. The molecule has 4 heteroatoms. The van der Waals surface area contributed by atoms with E-state index in [-0.39, 0.29) is 13.2 Å². The second-order valence-electron chi connectivity index (χ2n) is 5.65. The molecule has 0 heterocycles. The Kier molecular flexibility index (Phi) is 9.67. The number of unbranched alkanes of at least 4 members (excludes halogenated alkanes) is 4. The van der Waals surface area contributed by atoms with Crippen molar-refractivity contribution >= 4 is 0 Å². The van der Waals surface area contributed by atoms with E-state index in [0.717, 1.165) is 61.2 Å². The number of hydrogen-bond acceptors (Lipinski definition) is 4. The molecule has 0 aliphatic rings. The van der Waals surface area contributed by atoms with Crippen LogP contribution in [0.2, 0.25) is 0 Å². The molecule has 2 N–H and O–H groups in total. The van der Waals surface area contributed by atoms with Gasteiger partial charge >= 0.3 is 0 Å². The lowest BCUT2D eigenvalue weighted by Gasteiger charge is -2.14. The first-order valence-corrected chi connectivity index (χ1v) is 8.27. The lowest BCUT2D eigenvalue weighted by atomic mass is 10.1. The van der Waals surface area contributed by atoms with Gasteiger partial charge in [0.05, 0.1) is 13.2 Å². The van der Waals surface area contributed by atoms with Gasteiger partial charge in [-0.25, -0.2) is 0 Å². The van der Waals surface area contributed by atoms with E-state index in [2.05, 4.69) is 0 Å². The first kappa shape index (κ1) is 18.8. The Hall–Kier alpha value is -1.26. The van der Waals surface area contributed by atoms with Crippen LogP contribution in [0.25, 0.3) is 0 Å². The van der Waals surface area contributed by atoms with E-state index in [0.29, 0.717) is 13.2 Å². The average Bonchev–Trinajstić information content (AvgIpc) is 2.49. The molecule has 0 spiro atoms. The molecule has 0 bridgehead atoms. The molecule has 0 saturated heterocycles. The Morgan fingerprint density at radius 1 is 0.727 bits per heavy atom. The molecule has 1 aromatic rings. The van der Waals surface area contributed by atoms with Crippen molar-refractivity contribution in [3.63, 3.8) is 0 Å². The van der Waals surface area contributed by atoms with E-state index >= 15 is 0 Å². The first-order valence-electron chi connectivity index (χ1n) is 8.27. The number of hydrogen-bond donors (Lipinski definition) is 2. The van der Waals surface area contributed by atoms with Crippen LogP contribution >= 0.6 is 0 Å².